The Balaban J connectivity index is 1.92. The second-order valence-corrected chi connectivity index (χ2v) is 5.23. The zero-order valence-corrected chi connectivity index (χ0v) is 10.4. The smallest absolute Gasteiger partial charge is 0.227 e. The van der Waals surface area contributed by atoms with Gasteiger partial charge in [0, 0.05) is 19.6 Å². The van der Waals surface area contributed by atoms with Gasteiger partial charge in [0.1, 0.15) is 0 Å². The molecule has 2 N–H and O–H groups in total. The fourth-order valence-electron chi connectivity index (χ4n) is 2.03. The van der Waals surface area contributed by atoms with E-state index in [2.05, 4.69) is 0 Å². The van der Waals surface area contributed by atoms with Crippen molar-refractivity contribution in [1.29, 1.82) is 0 Å². The maximum absolute atomic E-state index is 12.0. The molecule has 1 saturated carbocycles. The molecule has 1 aromatic rings. The maximum atomic E-state index is 12.0. The highest BCUT2D eigenvalue weighted by Gasteiger charge is 2.34. The molecule has 2 rings (SSSR count). The van der Waals surface area contributed by atoms with Gasteiger partial charge in [0.15, 0.2) is 0 Å². The second kappa shape index (κ2) is 4.97. The Bertz CT molecular complexity index is 346. The van der Waals surface area contributed by atoms with E-state index in [0.717, 1.165) is 5.56 Å². The van der Waals surface area contributed by atoms with Crippen molar-refractivity contribution in [2.24, 2.45) is 11.7 Å². The van der Waals surface area contributed by atoms with Gasteiger partial charge in [0.2, 0.25) is 5.91 Å². The average Bonchev–Trinajstić information content (AvgIpc) is 2.97. The Morgan fingerprint density at radius 3 is 2.94 bits per heavy atom. The number of amides is 1. The lowest BCUT2D eigenvalue weighted by Crippen LogP contribution is -2.43. The summed E-state index contributed by atoms with van der Waals surface area (Å²) in [6.45, 7) is 0.580. The second-order valence-electron chi connectivity index (χ2n) is 4.45. The molecule has 0 bridgehead atoms. The minimum absolute atomic E-state index is 0.181. The predicted octanol–water partition coefficient (Wildman–Crippen LogP) is 1.49. The van der Waals surface area contributed by atoms with Gasteiger partial charge in [-0.05, 0) is 41.1 Å². The molecule has 0 radical (unpaired) electrons. The molecule has 0 aliphatic heterocycles. The van der Waals surface area contributed by atoms with Crippen molar-refractivity contribution in [3.8, 4) is 0 Å². The summed E-state index contributed by atoms with van der Waals surface area (Å²) < 4.78 is 0. The number of carbonyl (C=O) groups is 1. The van der Waals surface area contributed by atoms with Crippen LogP contribution in [0.3, 0.4) is 0 Å². The molecule has 1 aromatic heterocycles. The third-order valence-corrected chi connectivity index (χ3v) is 3.97. The highest BCUT2D eigenvalue weighted by Crippen LogP contribution is 2.34. The lowest BCUT2D eigenvalue weighted by Gasteiger charge is -2.27. The van der Waals surface area contributed by atoms with Gasteiger partial charge in [-0.1, -0.05) is 0 Å². The van der Waals surface area contributed by atoms with E-state index in [4.69, 9.17) is 5.73 Å². The van der Waals surface area contributed by atoms with Crippen LogP contribution in [0.5, 0.6) is 0 Å². The van der Waals surface area contributed by atoms with Gasteiger partial charge in [0.05, 0.1) is 6.42 Å². The number of nitrogens with zero attached hydrogens (tertiary/aromatic N) is 1. The van der Waals surface area contributed by atoms with Gasteiger partial charge >= 0.3 is 0 Å². The first-order chi connectivity index (χ1) is 7.72. The number of carbonyl (C=O) groups excluding carboxylic acids is 1. The van der Waals surface area contributed by atoms with Crippen molar-refractivity contribution in [3.05, 3.63) is 22.4 Å². The molecule has 1 unspecified atom stereocenters. The molecule has 0 aromatic carbocycles. The van der Waals surface area contributed by atoms with Crippen LogP contribution < -0.4 is 5.73 Å². The molecule has 0 spiro atoms. The molecular formula is C12H18N2OS. The molecule has 16 heavy (non-hydrogen) atoms. The van der Waals surface area contributed by atoms with Crippen molar-refractivity contribution in [1.82, 2.24) is 4.90 Å². The molecule has 1 heterocycles. The van der Waals surface area contributed by atoms with Crippen LogP contribution in [-0.2, 0) is 11.2 Å². The average molecular weight is 238 g/mol. The molecule has 88 valence electrons. The SMILES string of the molecule is CN(C(=O)Cc1ccsc1)C(CN)C1CC1. The van der Waals surface area contributed by atoms with Crippen LogP contribution in [0.25, 0.3) is 0 Å². The Labute approximate surface area is 100 Å². The predicted molar refractivity (Wildman–Crippen MR) is 66.4 cm³/mol. The van der Waals surface area contributed by atoms with Crippen LogP contribution in [0.2, 0.25) is 0 Å². The standard InChI is InChI=1S/C12H18N2OS/c1-14(11(7-13)10-2-3-10)12(15)6-9-4-5-16-8-9/h4-5,8,10-11H,2-3,6-7,13H2,1H3. The molecular weight excluding hydrogens is 220 g/mol. The van der Waals surface area contributed by atoms with Gasteiger partial charge in [-0.15, -0.1) is 0 Å². The fraction of sp³-hybridized carbons (Fsp3) is 0.583. The van der Waals surface area contributed by atoms with E-state index in [1.807, 2.05) is 28.8 Å². The van der Waals surface area contributed by atoms with Gasteiger partial charge in [0.25, 0.3) is 0 Å². The molecule has 1 amide bonds. The summed E-state index contributed by atoms with van der Waals surface area (Å²) in [5, 5.41) is 4.03. The summed E-state index contributed by atoms with van der Waals surface area (Å²) in [6.07, 6.45) is 2.94. The minimum atomic E-state index is 0.181. The summed E-state index contributed by atoms with van der Waals surface area (Å²) in [6, 6.07) is 2.25. The van der Waals surface area contributed by atoms with Gasteiger partial charge < -0.3 is 10.6 Å². The van der Waals surface area contributed by atoms with Crippen molar-refractivity contribution in [3.63, 3.8) is 0 Å². The summed E-state index contributed by atoms with van der Waals surface area (Å²) in [7, 11) is 1.88. The molecule has 0 saturated heterocycles. The zero-order chi connectivity index (χ0) is 11.5. The van der Waals surface area contributed by atoms with E-state index < -0.39 is 0 Å². The highest BCUT2D eigenvalue weighted by atomic mass is 32.1. The number of likely N-dealkylation sites (N-methyl/N-ethyl adjacent to an activating group) is 1. The number of thiophene rings is 1. The molecule has 3 nitrogen and oxygen atoms in total. The summed E-state index contributed by atoms with van der Waals surface area (Å²) in [5.74, 6) is 0.821. The molecule has 4 heteroatoms. The third-order valence-electron chi connectivity index (χ3n) is 3.23. The number of nitrogens with two attached hydrogens (primary N) is 1. The quantitative estimate of drug-likeness (QED) is 0.844. The van der Waals surface area contributed by atoms with Gasteiger partial charge in [-0.3, -0.25) is 4.79 Å². The maximum Gasteiger partial charge on any atom is 0.227 e. The monoisotopic (exact) mass is 238 g/mol. The van der Waals surface area contributed by atoms with Gasteiger partial charge in [-0.2, -0.15) is 11.3 Å². The van der Waals surface area contributed by atoms with Gasteiger partial charge in [-0.25, -0.2) is 0 Å². The topological polar surface area (TPSA) is 46.3 Å². The third kappa shape index (κ3) is 2.62. The molecule has 1 atom stereocenters. The lowest BCUT2D eigenvalue weighted by atomic mass is 10.1. The van der Waals surface area contributed by atoms with E-state index in [9.17, 15) is 4.79 Å². The first kappa shape index (κ1) is 11.6. The fourth-order valence-corrected chi connectivity index (χ4v) is 2.69. The zero-order valence-electron chi connectivity index (χ0n) is 9.56. The lowest BCUT2D eigenvalue weighted by molar-refractivity contribution is -0.131. The minimum Gasteiger partial charge on any atom is -0.341 e. The van der Waals surface area contributed by atoms with Crippen molar-refractivity contribution in [2.75, 3.05) is 13.6 Å². The molecule has 1 aliphatic carbocycles. The number of rotatable bonds is 5. The highest BCUT2D eigenvalue weighted by molar-refractivity contribution is 7.07. The summed E-state index contributed by atoms with van der Waals surface area (Å²) in [4.78, 5) is 13.9. The van der Waals surface area contributed by atoms with Crippen molar-refractivity contribution in [2.45, 2.75) is 25.3 Å². The van der Waals surface area contributed by atoms with Crippen LogP contribution in [0, 0.1) is 5.92 Å². The van der Waals surface area contributed by atoms with Crippen LogP contribution in [0.1, 0.15) is 18.4 Å². The van der Waals surface area contributed by atoms with E-state index >= 15 is 0 Å². The van der Waals surface area contributed by atoms with E-state index in [1.54, 1.807) is 11.3 Å². The van der Waals surface area contributed by atoms with E-state index in [0.29, 0.717) is 18.9 Å². The largest absolute Gasteiger partial charge is 0.341 e. The molecule has 1 fully saturated rings. The van der Waals surface area contributed by atoms with Crippen molar-refractivity contribution < 1.29 is 4.79 Å². The summed E-state index contributed by atoms with van der Waals surface area (Å²) in [5.41, 5.74) is 6.84. The van der Waals surface area contributed by atoms with Crippen LogP contribution in [0.15, 0.2) is 16.8 Å². The number of hydrogen-bond donors (Lipinski definition) is 1. The van der Waals surface area contributed by atoms with E-state index in [-0.39, 0.29) is 11.9 Å². The van der Waals surface area contributed by atoms with Crippen molar-refractivity contribution >= 4 is 17.2 Å². The Morgan fingerprint density at radius 2 is 2.44 bits per heavy atom. The van der Waals surface area contributed by atoms with E-state index in [1.165, 1.54) is 12.8 Å². The summed E-state index contributed by atoms with van der Waals surface area (Å²) >= 11 is 1.63. The first-order valence-electron chi connectivity index (χ1n) is 5.69. The normalized spacial score (nSPS) is 17.1. The van der Waals surface area contributed by atoms with Crippen LogP contribution >= 0.6 is 11.3 Å². The van der Waals surface area contributed by atoms with Crippen LogP contribution in [0.4, 0.5) is 0 Å². The van der Waals surface area contributed by atoms with Crippen LogP contribution in [-0.4, -0.2) is 30.4 Å². The molecule has 1 aliphatic rings. The Kier molecular flexibility index (Phi) is 3.61. The Morgan fingerprint density at radius 1 is 1.69 bits per heavy atom. The first-order valence-corrected chi connectivity index (χ1v) is 6.63. The number of hydrogen-bond acceptors (Lipinski definition) is 3. The Hall–Kier alpha value is -0.870.